The highest BCUT2D eigenvalue weighted by molar-refractivity contribution is 5.90. The predicted molar refractivity (Wildman–Crippen MR) is 70.8 cm³/mol. The third-order valence-electron chi connectivity index (χ3n) is 3.28. The highest BCUT2D eigenvalue weighted by Gasteiger charge is 2.33. The van der Waals surface area contributed by atoms with Crippen LogP contribution >= 0.6 is 0 Å². The van der Waals surface area contributed by atoms with Crippen molar-refractivity contribution in [1.29, 1.82) is 0 Å². The van der Waals surface area contributed by atoms with Crippen molar-refractivity contribution in [1.82, 2.24) is 10.2 Å². The second kappa shape index (κ2) is 6.25. The molecule has 1 heterocycles. The van der Waals surface area contributed by atoms with Crippen LogP contribution in [0.15, 0.2) is 24.3 Å². The SMILES string of the molecule is CN(Cc1ccccc1OC(F)(F)F)C(=O)[C@@H]1CCC(=O)N1. The van der Waals surface area contributed by atoms with Crippen molar-refractivity contribution < 1.29 is 27.5 Å². The number of benzene rings is 1. The van der Waals surface area contributed by atoms with E-state index >= 15 is 0 Å². The van der Waals surface area contributed by atoms with Crippen LogP contribution in [0.1, 0.15) is 18.4 Å². The lowest BCUT2D eigenvalue weighted by atomic mass is 10.1. The molecular weight excluding hydrogens is 301 g/mol. The zero-order valence-electron chi connectivity index (χ0n) is 11.8. The molecule has 1 aliphatic rings. The van der Waals surface area contributed by atoms with Gasteiger partial charge in [0.1, 0.15) is 11.8 Å². The average molecular weight is 316 g/mol. The lowest BCUT2D eigenvalue weighted by Crippen LogP contribution is -2.42. The summed E-state index contributed by atoms with van der Waals surface area (Å²) in [4.78, 5) is 24.5. The summed E-state index contributed by atoms with van der Waals surface area (Å²) in [6.07, 6.45) is -4.13. The first-order valence-electron chi connectivity index (χ1n) is 6.64. The molecule has 1 atom stereocenters. The van der Waals surface area contributed by atoms with Crippen LogP contribution in [0.25, 0.3) is 0 Å². The molecule has 5 nitrogen and oxygen atoms in total. The smallest absolute Gasteiger partial charge is 0.405 e. The number of nitrogens with zero attached hydrogens (tertiary/aromatic N) is 1. The van der Waals surface area contributed by atoms with Crippen LogP contribution in [0, 0.1) is 0 Å². The Kier molecular flexibility index (Phi) is 4.58. The van der Waals surface area contributed by atoms with Crippen molar-refractivity contribution in [2.24, 2.45) is 0 Å². The largest absolute Gasteiger partial charge is 0.573 e. The molecule has 0 saturated carbocycles. The summed E-state index contributed by atoms with van der Waals surface area (Å²) in [7, 11) is 1.47. The Labute approximate surface area is 125 Å². The molecule has 0 aliphatic carbocycles. The summed E-state index contributed by atoms with van der Waals surface area (Å²) in [6, 6.07) is 5.02. The molecule has 8 heteroatoms. The number of nitrogens with one attached hydrogen (secondary N) is 1. The van der Waals surface area contributed by atoms with Crippen molar-refractivity contribution in [2.45, 2.75) is 31.8 Å². The average Bonchev–Trinajstić information content (AvgIpc) is 2.85. The monoisotopic (exact) mass is 316 g/mol. The Balaban J connectivity index is 2.06. The molecule has 0 unspecified atom stereocenters. The number of amides is 2. The van der Waals surface area contributed by atoms with Crippen molar-refractivity contribution in [2.75, 3.05) is 7.05 Å². The fourth-order valence-electron chi connectivity index (χ4n) is 2.26. The summed E-state index contributed by atoms with van der Waals surface area (Å²) in [6.45, 7) is -0.0442. The maximum atomic E-state index is 12.4. The van der Waals surface area contributed by atoms with E-state index < -0.39 is 12.4 Å². The van der Waals surface area contributed by atoms with Gasteiger partial charge < -0.3 is 15.0 Å². The second-order valence-corrected chi connectivity index (χ2v) is 5.01. The lowest BCUT2D eigenvalue weighted by Gasteiger charge is -2.22. The maximum absolute atomic E-state index is 12.4. The molecule has 0 bridgehead atoms. The number of rotatable bonds is 4. The Bertz CT molecular complexity index is 575. The third-order valence-corrected chi connectivity index (χ3v) is 3.28. The number of halogens is 3. The lowest BCUT2D eigenvalue weighted by molar-refractivity contribution is -0.275. The zero-order chi connectivity index (χ0) is 16.3. The predicted octanol–water partition coefficient (Wildman–Crippen LogP) is 1.82. The number of para-hydroxylation sites is 1. The highest BCUT2D eigenvalue weighted by atomic mass is 19.4. The highest BCUT2D eigenvalue weighted by Crippen LogP contribution is 2.27. The number of carbonyl (C=O) groups excluding carboxylic acids is 2. The van der Waals surface area contributed by atoms with Crippen molar-refractivity contribution >= 4 is 11.8 Å². The van der Waals surface area contributed by atoms with Crippen LogP contribution in [0.4, 0.5) is 13.2 Å². The molecule has 1 aliphatic heterocycles. The van der Waals surface area contributed by atoms with Crippen molar-refractivity contribution in [3.63, 3.8) is 0 Å². The normalized spacial score (nSPS) is 18.0. The molecule has 1 N–H and O–H groups in total. The van der Waals surface area contributed by atoms with Crippen LogP contribution in [0.5, 0.6) is 5.75 Å². The summed E-state index contributed by atoms with van der Waals surface area (Å²) in [5, 5.41) is 2.53. The molecule has 22 heavy (non-hydrogen) atoms. The molecular formula is C14H15F3N2O3. The summed E-state index contributed by atoms with van der Waals surface area (Å²) in [5.41, 5.74) is 0.236. The molecule has 0 aromatic heterocycles. The van der Waals surface area contributed by atoms with Crippen LogP contribution in [-0.4, -0.2) is 36.2 Å². The Morgan fingerprint density at radius 1 is 1.41 bits per heavy atom. The third kappa shape index (κ3) is 4.12. The fourth-order valence-corrected chi connectivity index (χ4v) is 2.26. The number of hydrogen-bond acceptors (Lipinski definition) is 3. The Morgan fingerprint density at radius 3 is 2.68 bits per heavy atom. The number of alkyl halides is 3. The minimum atomic E-state index is -4.79. The van der Waals surface area contributed by atoms with E-state index in [1.807, 2.05) is 0 Å². The minimum Gasteiger partial charge on any atom is -0.405 e. The van der Waals surface area contributed by atoms with Crippen molar-refractivity contribution in [3.8, 4) is 5.75 Å². The van der Waals surface area contributed by atoms with E-state index in [9.17, 15) is 22.8 Å². The van der Waals surface area contributed by atoms with Crippen LogP contribution in [0.2, 0.25) is 0 Å². The van der Waals surface area contributed by atoms with Gasteiger partial charge >= 0.3 is 6.36 Å². The number of carbonyl (C=O) groups is 2. The fraction of sp³-hybridized carbons (Fsp3) is 0.429. The molecule has 2 rings (SSSR count). The van der Waals surface area contributed by atoms with Crippen LogP contribution in [0.3, 0.4) is 0 Å². The van der Waals surface area contributed by atoms with Crippen molar-refractivity contribution in [3.05, 3.63) is 29.8 Å². The molecule has 120 valence electrons. The summed E-state index contributed by atoms with van der Waals surface area (Å²) in [5.74, 6) is -0.884. The van der Waals surface area contributed by atoms with Gasteiger partial charge in [0.15, 0.2) is 0 Å². The van der Waals surface area contributed by atoms with E-state index in [1.165, 1.54) is 30.1 Å². The molecule has 1 aromatic rings. The van der Waals surface area contributed by atoms with E-state index in [2.05, 4.69) is 10.1 Å². The van der Waals surface area contributed by atoms with E-state index in [0.717, 1.165) is 0 Å². The van der Waals surface area contributed by atoms with Gasteiger partial charge in [-0.2, -0.15) is 0 Å². The Hall–Kier alpha value is -2.25. The first-order chi connectivity index (χ1) is 10.3. The van der Waals surface area contributed by atoms with E-state index in [-0.39, 0.29) is 36.1 Å². The van der Waals surface area contributed by atoms with Crippen LogP contribution < -0.4 is 10.1 Å². The van der Waals surface area contributed by atoms with Gasteiger partial charge in [-0.1, -0.05) is 18.2 Å². The van der Waals surface area contributed by atoms with Gasteiger partial charge in [0.2, 0.25) is 11.8 Å². The topological polar surface area (TPSA) is 58.6 Å². The number of hydrogen-bond donors (Lipinski definition) is 1. The quantitative estimate of drug-likeness (QED) is 0.922. The molecule has 0 radical (unpaired) electrons. The molecule has 0 spiro atoms. The summed E-state index contributed by atoms with van der Waals surface area (Å²) >= 11 is 0. The summed E-state index contributed by atoms with van der Waals surface area (Å²) < 4.78 is 41.0. The molecule has 1 aromatic carbocycles. The van der Waals surface area contributed by atoms with Gasteiger partial charge in [0.05, 0.1) is 0 Å². The Morgan fingerprint density at radius 2 is 2.09 bits per heavy atom. The van der Waals surface area contributed by atoms with Gasteiger partial charge in [-0.15, -0.1) is 13.2 Å². The molecule has 1 fully saturated rings. The molecule has 2 amide bonds. The maximum Gasteiger partial charge on any atom is 0.573 e. The number of ether oxygens (including phenoxy) is 1. The van der Waals surface area contributed by atoms with Gasteiger partial charge in [-0.05, 0) is 12.5 Å². The van der Waals surface area contributed by atoms with Gasteiger partial charge in [-0.25, -0.2) is 0 Å². The molecule has 1 saturated heterocycles. The second-order valence-electron chi connectivity index (χ2n) is 5.01. The van der Waals surface area contributed by atoms with Gasteiger partial charge in [0.25, 0.3) is 0 Å². The first kappa shape index (κ1) is 16.1. The zero-order valence-corrected chi connectivity index (χ0v) is 11.8. The van der Waals surface area contributed by atoms with E-state index in [4.69, 9.17) is 0 Å². The van der Waals surface area contributed by atoms with E-state index in [1.54, 1.807) is 6.07 Å². The number of likely N-dealkylation sites (N-methyl/N-ethyl adjacent to an activating group) is 1. The minimum absolute atomic E-state index is 0.0442. The standard InChI is InChI=1S/C14H15F3N2O3/c1-19(13(21)10-6-7-12(20)18-10)8-9-4-2-3-5-11(9)22-14(15,16)17/h2-5,10H,6-8H2,1H3,(H,18,20)/t10-/m0/s1. The first-order valence-corrected chi connectivity index (χ1v) is 6.64. The van der Waals surface area contributed by atoms with Gasteiger partial charge in [-0.3, -0.25) is 9.59 Å². The van der Waals surface area contributed by atoms with E-state index in [0.29, 0.717) is 6.42 Å². The van der Waals surface area contributed by atoms with Crippen LogP contribution in [-0.2, 0) is 16.1 Å². The van der Waals surface area contributed by atoms with Gasteiger partial charge in [0, 0.05) is 25.6 Å².